The summed E-state index contributed by atoms with van der Waals surface area (Å²) in [6.07, 6.45) is -0.0463. The largest absolute Gasteiger partial charge is 0.398 e. The van der Waals surface area contributed by atoms with Crippen LogP contribution in [-0.4, -0.2) is 20.9 Å². The third kappa shape index (κ3) is 3.99. The Hall–Kier alpha value is -1.12. The predicted octanol–water partition coefficient (Wildman–Crippen LogP) is 0.185. The first-order valence-corrected chi connectivity index (χ1v) is 6.93. The van der Waals surface area contributed by atoms with Crippen molar-refractivity contribution in [1.82, 2.24) is 4.72 Å². The van der Waals surface area contributed by atoms with Gasteiger partial charge in [-0.1, -0.05) is 0 Å². The molecule has 0 unspecified atom stereocenters. The lowest BCUT2D eigenvalue weighted by Gasteiger charge is -2.07. The lowest BCUT2D eigenvalue weighted by Crippen LogP contribution is -2.28. The monoisotopic (exact) mass is 321 g/mol. The zero-order chi connectivity index (χ0) is 13.1. The van der Waals surface area contributed by atoms with E-state index in [1.54, 1.807) is 0 Å². The number of carbonyl (C=O) groups is 1. The van der Waals surface area contributed by atoms with Crippen LogP contribution in [0, 0.1) is 0 Å². The van der Waals surface area contributed by atoms with E-state index < -0.39 is 15.9 Å². The minimum absolute atomic E-state index is 0.0281. The molecular weight excluding hydrogens is 310 g/mol. The van der Waals surface area contributed by atoms with Crippen LogP contribution in [0.5, 0.6) is 0 Å². The van der Waals surface area contributed by atoms with E-state index >= 15 is 0 Å². The van der Waals surface area contributed by atoms with Crippen molar-refractivity contribution in [3.63, 3.8) is 0 Å². The first-order chi connectivity index (χ1) is 7.83. The molecule has 0 bridgehead atoms. The fourth-order valence-electron chi connectivity index (χ4n) is 1.07. The summed E-state index contributed by atoms with van der Waals surface area (Å²) in [5, 5.41) is 0. The Labute approximate surface area is 108 Å². The maximum absolute atomic E-state index is 11.8. The van der Waals surface area contributed by atoms with Crippen LogP contribution in [0.3, 0.4) is 0 Å². The molecule has 0 aliphatic carbocycles. The summed E-state index contributed by atoms with van der Waals surface area (Å²) in [7, 11) is -3.64. The van der Waals surface area contributed by atoms with Crippen LogP contribution in [0.4, 0.5) is 5.69 Å². The minimum Gasteiger partial charge on any atom is -0.398 e. The van der Waals surface area contributed by atoms with Gasteiger partial charge in [-0.05, 0) is 34.1 Å². The lowest BCUT2D eigenvalue weighted by molar-refractivity contribution is -0.117. The summed E-state index contributed by atoms with van der Waals surface area (Å²) in [5.74, 6) is -0.564. The van der Waals surface area contributed by atoms with Gasteiger partial charge in [0.15, 0.2) is 0 Å². The van der Waals surface area contributed by atoms with E-state index in [4.69, 9.17) is 11.5 Å². The average molecular weight is 322 g/mol. The van der Waals surface area contributed by atoms with E-state index in [0.717, 1.165) is 0 Å². The molecule has 0 spiro atoms. The van der Waals surface area contributed by atoms with Gasteiger partial charge in [-0.2, -0.15) is 0 Å². The van der Waals surface area contributed by atoms with E-state index in [2.05, 4.69) is 20.7 Å². The molecule has 0 aliphatic rings. The van der Waals surface area contributed by atoms with Crippen molar-refractivity contribution in [1.29, 1.82) is 0 Å². The van der Waals surface area contributed by atoms with E-state index in [-0.39, 0.29) is 17.9 Å². The maximum Gasteiger partial charge on any atom is 0.240 e. The van der Waals surface area contributed by atoms with E-state index in [1.807, 2.05) is 0 Å². The average Bonchev–Trinajstić information content (AvgIpc) is 2.21. The molecule has 0 atom stereocenters. The van der Waals surface area contributed by atoms with Gasteiger partial charge >= 0.3 is 0 Å². The number of sulfonamides is 1. The highest BCUT2D eigenvalue weighted by atomic mass is 79.9. The van der Waals surface area contributed by atoms with Crippen LogP contribution >= 0.6 is 15.9 Å². The van der Waals surface area contributed by atoms with E-state index in [1.165, 1.54) is 18.2 Å². The highest BCUT2D eigenvalue weighted by Gasteiger charge is 2.14. The number of primary amides is 1. The van der Waals surface area contributed by atoms with E-state index in [9.17, 15) is 13.2 Å². The minimum atomic E-state index is -3.64. The summed E-state index contributed by atoms with van der Waals surface area (Å²) in [5.41, 5.74) is 10.9. The molecule has 0 radical (unpaired) electrons. The van der Waals surface area contributed by atoms with Gasteiger partial charge in [0, 0.05) is 23.1 Å². The number of anilines is 1. The van der Waals surface area contributed by atoms with Crippen molar-refractivity contribution in [3.8, 4) is 0 Å². The third-order valence-corrected chi connectivity index (χ3v) is 4.09. The Balaban J connectivity index is 2.82. The maximum atomic E-state index is 11.8. The summed E-state index contributed by atoms with van der Waals surface area (Å²) < 4.78 is 26.3. The zero-order valence-corrected chi connectivity index (χ0v) is 11.2. The highest BCUT2D eigenvalue weighted by Crippen LogP contribution is 2.22. The molecule has 0 aromatic heterocycles. The molecule has 17 heavy (non-hydrogen) atoms. The number of hydrogen-bond acceptors (Lipinski definition) is 4. The number of hydrogen-bond donors (Lipinski definition) is 3. The number of carbonyl (C=O) groups excluding carboxylic acids is 1. The van der Waals surface area contributed by atoms with Gasteiger partial charge in [-0.25, -0.2) is 13.1 Å². The van der Waals surface area contributed by atoms with Crippen molar-refractivity contribution in [3.05, 3.63) is 22.7 Å². The molecule has 94 valence electrons. The molecule has 1 aromatic rings. The molecule has 0 saturated heterocycles. The SMILES string of the molecule is NC(=O)CCNS(=O)(=O)c1ccc(N)c(Br)c1. The van der Waals surface area contributed by atoms with Crippen molar-refractivity contribution < 1.29 is 13.2 Å². The lowest BCUT2D eigenvalue weighted by atomic mass is 10.3. The first-order valence-electron chi connectivity index (χ1n) is 4.66. The van der Waals surface area contributed by atoms with Gasteiger partial charge in [0.1, 0.15) is 0 Å². The number of halogens is 1. The van der Waals surface area contributed by atoms with Gasteiger partial charge in [0.25, 0.3) is 0 Å². The topological polar surface area (TPSA) is 115 Å². The van der Waals surface area contributed by atoms with Crippen LogP contribution in [-0.2, 0) is 14.8 Å². The fourth-order valence-corrected chi connectivity index (χ4v) is 2.65. The van der Waals surface area contributed by atoms with Crippen molar-refractivity contribution in [2.75, 3.05) is 12.3 Å². The van der Waals surface area contributed by atoms with Gasteiger partial charge in [0.05, 0.1) is 4.90 Å². The summed E-state index contributed by atoms with van der Waals surface area (Å²) >= 11 is 3.14. The summed E-state index contributed by atoms with van der Waals surface area (Å²) in [6, 6.07) is 4.25. The molecule has 1 aromatic carbocycles. The molecule has 0 fully saturated rings. The molecule has 0 aliphatic heterocycles. The number of nitrogen functional groups attached to an aromatic ring is 1. The zero-order valence-electron chi connectivity index (χ0n) is 8.81. The number of nitrogens with one attached hydrogen (secondary N) is 1. The fraction of sp³-hybridized carbons (Fsp3) is 0.222. The van der Waals surface area contributed by atoms with Gasteiger partial charge in [-0.15, -0.1) is 0 Å². The normalized spacial score (nSPS) is 11.4. The van der Waals surface area contributed by atoms with Crippen LogP contribution in [0.2, 0.25) is 0 Å². The molecular formula is C9H12BrN3O3S. The number of benzene rings is 1. The summed E-state index contributed by atoms with van der Waals surface area (Å²) in [6.45, 7) is -0.0281. The Kier molecular flexibility index (Phi) is 4.49. The Morgan fingerprint density at radius 3 is 2.59 bits per heavy atom. The van der Waals surface area contributed by atoms with Gasteiger partial charge in [0.2, 0.25) is 15.9 Å². The van der Waals surface area contributed by atoms with E-state index in [0.29, 0.717) is 10.2 Å². The molecule has 6 nitrogen and oxygen atoms in total. The van der Waals surface area contributed by atoms with Crippen molar-refractivity contribution in [2.24, 2.45) is 5.73 Å². The summed E-state index contributed by atoms with van der Waals surface area (Å²) in [4.78, 5) is 10.6. The molecule has 1 rings (SSSR count). The second kappa shape index (κ2) is 5.48. The standard InChI is InChI=1S/C9H12BrN3O3S/c10-7-5-6(1-2-8(7)11)17(15,16)13-4-3-9(12)14/h1-2,5,13H,3-4,11H2,(H2,12,14). The molecule has 0 heterocycles. The van der Waals surface area contributed by atoms with Crippen LogP contribution in [0.15, 0.2) is 27.6 Å². The Morgan fingerprint density at radius 2 is 2.06 bits per heavy atom. The van der Waals surface area contributed by atoms with Crippen LogP contribution in [0.25, 0.3) is 0 Å². The van der Waals surface area contributed by atoms with Crippen LogP contribution in [0.1, 0.15) is 6.42 Å². The molecule has 5 N–H and O–H groups in total. The number of nitrogens with two attached hydrogens (primary N) is 2. The third-order valence-electron chi connectivity index (χ3n) is 1.95. The second-order valence-electron chi connectivity index (χ2n) is 3.30. The molecule has 8 heteroatoms. The van der Waals surface area contributed by atoms with Gasteiger partial charge in [-0.3, -0.25) is 4.79 Å². The van der Waals surface area contributed by atoms with Crippen molar-refractivity contribution >= 4 is 37.5 Å². The predicted molar refractivity (Wildman–Crippen MR) is 67.6 cm³/mol. The first kappa shape index (κ1) is 13.9. The quantitative estimate of drug-likeness (QED) is 0.671. The smallest absolute Gasteiger partial charge is 0.240 e. The Bertz CT molecular complexity index is 530. The van der Waals surface area contributed by atoms with Gasteiger partial charge < -0.3 is 11.5 Å². The van der Waals surface area contributed by atoms with Crippen LogP contribution < -0.4 is 16.2 Å². The molecule has 0 saturated carbocycles. The second-order valence-corrected chi connectivity index (χ2v) is 5.92. The number of rotatable bonds is 5. The van der Waals surface area contributed by atoms with Crippen molar-refractivity contribution in [2.45, 2.75) is 11.3 Å². The highest BCUT2D eigenvalue weighted by molar-refractivity contribution is 9.10. The number of amides is 1. The molecule has 1 amide bonds. The Morgan fingerprint density at radius 1 is 1.41 bits per heavy atom.